The normalized spacial score (nSPS) is 27.2. The summed E-state index contributed by atoms with van der Waals surface area (Å²) in [5.74, 6) is -0.490. The third-order valence-electron chi connectivity index (χ3n) is 4.47. The number of aliphatic hydroxyl groups excluding tert-OH is 4. The topological polar surface area (TPSA) is 160 Å². The van der Waals surface area contributed by atoms with Gasteiger partial charge in [-0.15, -0.1) is 0 Å². The number of rotatable bonds is 5. The predicted octanol–water partition coefficient (Wildman–Crippen LogP) is 0.152. The zero-order valence-electron chi connectivity index (χ0n) is 15.2. The first-order valence-corrected chi connectivity index (χ1v) is 8.80. The molecule has 0 radical (unpaired) electrons. The monoisotopic (exact) mass is 406 g/mol. The van der Waals surface area contributed by atoms with Crippen molar-refractivity contribution in [3.63, 3.8) is 0 Å². The average molecular weight is 406 g/mol. The summed E-state index contributed by atoms with van der Waals surface area (Å²) < 4.78 is 10.6. The van der Waals surface area contributed by atoms with Crippen LogP contribution in [0.2, 0.25) is 0 Å². The van der Waals surface area contributed by atoms with Crippen molar-refractivity contribution in [3.05, 3.63) is 47.5 Å². The van der Waals surface area contributed by atoms with Gasteiger partial charge in [0.2, 0.25) is 6.29 Å². The van der Waals surface area contributed by atoms with E-state index in [9.17, 15) is 35.7 Å². The van der Waals surface area contributed by atoms with Crippen LogP contribution in [0.5, 0.6) is 23.0 Å². The van der Waals surface area contributed by atoms with E-state index in [4.69, 9.17) is 9.47 Å². The van der Waals surface area contributed by atoms with Gasteiger partial charge in [-0.05, 0) is 35.4 Å². The summed E-state index contributed by atoms with van der Waals surface area (Å²) in [7, 11) is 0. The van der Waals surface area contributed by atoms with E-state index in [0.717, 1.165) is 0 Å². The Morgan fingerprint density at radius 3 is 2.10 bits per heavy atom. The van der Waals surface area contributed by atoms with Crippen LogP contribution in [0.15, 0.2) is 36.4 Å². The van der Waals surface area contributed by atoms with Gasteiger partial charge in [0.25, 0.3) is 0 Å². The summed E-state index contributed by atoms with van der Waals surface area (Å²) >= 11 is 0. The Morgan fingerprint density at radius 1 is 0.828 bits per heavy atom. The standard InChI is InChI=1S/C20H22O9/c21-9-16-17(25)18(26)19(27)20(29-16)28-15-4-3-10(7-14(15)24)1-2-11-5-12(22)8-13(23)6-11/h1-8,16-27H,9H2/b2-1+/t16-,17-,18+,19-,20-/m1/s1. The van der Waals surface area contributed by atoms with E-state index < -0.39 is 37.3 Å². The molecular formula is C20H22O9. The van der Waals surface area contributed by atoms with Gasteiger partial charge in [0.05, 0.1) is 6.61 Å². The number of aliphatic hydroxyl groups is 4. The highest BCUT2D eigenvalue weighted by Crippen LogP contribution is 2.32. The quantitative estimate of drug-likeness (QED) is 0.343. The molecule has 2 aromatic carbocycles. The smallest absolute Gasteiger partial charge is 0.229 e. The molecule has 7 N–H and O–H groups in total. The van der Waals surface area contributed by atoms with E-state index >= 15 is 0 Å². The minimum atomic E-state index is -1.59. The first-order chi connectivity index (χ1) is 13.8. The lowest BCUT2D eigenvalue weighted by molar-refractivity contribution is -0.277. The Morgan fingerprint density at radius 2 is 1.48 bits per heavy atom. The first-order valence-electron chi connectivity index (χ1n) is 8.80. The molecule has 156 valence electrons. The third-order valence-corrected chi connectivity index (χ3v) is 4.47. The van der Waals surface area contributed by atoms with Gasteiger partial charge in [-0.3, -0.25) is 0 Å². The molecule has 1 aliphatic rings. The Labute approximate surface area is 165 Å². The predicted molar refractivity (Wildman–Crippen MR) is 101 cm³/mol. The number of phenols is 3. The second-order valence-electron chi connectivity index (χ2n) is 6.66. The molecule has 0 amide bonds. The van der Waals surface area contributed by atoms with Crippen molar-refractivity contribution in [3.8, 4) is 23.0 Å². The zero-order chi connectivity index (χ0) is 21.1. The van der Waals surface area contributed by atoms with Gasteiger partial charge in [-0.1, -0.05) is 18.2 Å². The Kier molecular flexibility index (Phi) is 6.26. The molecule has 2 aromatic rings. The molecular weight excluding hydrogens is 384 g/mol. The molecule has 1 fully saturated rings. The second kappa shape index (κ2) is 8.68. The van der Waals surface area contributed by atoms with Crippen molar-refractivity contribution in [2.75, 3.05) is 6.61 Å². The molecule has 1 aliphatic heterocycles. The van der Waals surface area contributed by atoms with Gasteiger partial charge in [0, 0.05) is 6.07 Å². The van der Waals surface area contributed by atoms with Crippen LogP contribution in [0.3, 0.4) is 0 Å². The molecule has 0 saturated carbocycles. The lowest BCUT2D eigenvalue weighted by Crippen LogP contribution is -2.60. The lowest BCUT2D eigenvalue weighted by atomic mass is 9.99. The largest absolute Gasteiger partial charge is 0.508 e. The minimum Gasteiger partial charge on any atom is -0.508 e. The molecule has 3 rings (SSSR count). The highest BCUT2D eigenvalue weighted by molar-refractivity contribution is 5.72. The average Bonchev–Trinajstić information content (AvgIpc) is 2.67. The molecule has 0 aliphatic carbocycles. The minimum absolute atomic E-state index is 0.0403. The molecule has 9 heteroatoms. The van der Waals surface area contributed by atoms with Gasteiger partial charge >= 0.3 is 0 Å². The highest BCUT2D eigenvalue weighted by atomic mass is 16.7. The van der Waals surface area contributed by atoms with Gasteiger partial charge < -0.3 is 45.2 Å². The van der Waals surface area contributed by atoms with E-state index in [1.165, 1.54) is 30.3 Å². The maximum atomic E-state index is 10.2. The van der Waals surface area contributed by atoms with Crippen molar-refractivity contribution in [1.29, 1.82) is 0 Å². The van der Waals surface area contributed by atoms with Crippen LogP contribution < -0.4 is 4.74 Å². The van der Waals surface area contributed by atoms with Crippen LogP contribution >= 0.6 is 0 Å². The summed E-state index contributed by atoms with van der Waals surface area (Å²) in [6, 6.07) is 8.49. The van der Waals surface area contributed by atoms with Crippen LogP contribution in [-0.4, -0.2) is 73.1 Å². The number of aromatic hydroxyl groups is 3. The molecule has 0 unspecified atom stereocenters. The summed E-state index contributed by atoms with van der Waals surface area (Å²) in [5.41, 5.74) is 1.12. The van der Waals surface area contributed by atoms with E-state index in [2.05, 4.69) is 0 Å². The summed E-state index contributed by atoms with van der Waals surface area (Å²) in [6.45, 7) is -0.592. The fraction of sp³-hybridized carbons (Fsp3) is 0.300. The van der Waals surface area contributed by atoms with Crippen LogP contribution in [0.4, 0.5) is 0 Å². The fourth-order valence-electron chi connectivity index (χ4n) is 2.93. The number of phenolic OH excluding ortho intramolecular Hbond substituents is 3. The first kappa shape index (κ1) is 20.9. The lowest BCUT2D eigenvalue weighted by Gasteiger charge is -2.39. The third kappa shape index (κ3) is 4.78. The Bertz CT molecular complexity index is 860. The maximum Gasteiger partial charge on any atom is 0.229 e. The molecule has 5 atom stereocenters. The van der Waals surface area contributed by atoms with E-state index in [0.29, 0.717) is 11.1 Å². The van der Waals surface area contributed by atoms with E-state index in [-0.39, 0.29) is 23.0 Å². The van der Waals surface area contributed by atoms with Crippen molar-refractivity contribution in [1.82, 2.24) is 0 Å². The SMILES string of the molecule is OC[C@H]1O[C@@H](Oc2ccc(/C=C/c3cc(O)cc(O)c3)cc2O)[C@H](O)[C@@H](O)[C@@H]1O. The maximum absolute atomic E-state index is 10.2. The van der Waals surface area contributed by atoms with Crippen molar-refractivity contribution in [2.45, 2.75) is 30.7 Å². The fourth-order valence-corrected chi connectivity index (χ4v) is 2.93. The van der Waals surface area contributed by atoms with Crippen LogP contribution in [0.1, 0.15) is 11.1 Å². The number of hydrogen-bond acceptors (Lipinski definition) is 9. The van der Waals surface area contributed by atoms with E-state index in [1.54, 1.807) is 18.2 Å². The molecule has 0 spiro atoms. The van der Waals surface area contributed by atoms with Gasteiger partial charge in [0.15, 0.2) is 11.5 Å². The van der Waals surface area contributed by atoms with Crippen molar-refractivity contribution >= 4 is 12.2 Å². The van der Waals surface area contributed by atoms with E-state index in [1.807, 2.05) is 0 Å². The van der Waals surface area contributed by atoms with Gasteiger partial charge in [-0.2, -0.15) is 0 Å². The number of benzene rings is 2. The van der Waals surface area contributed by atoms with Crippen molar-refractivity contribution < 1.29 is 45.2 Å². The van der Waals surface area contributed by atoms with Crippen LogP contribution in [-0.2, 0) is 4.74 Å². The Balaban J connectivity index is 1.73. The number of ether oxygens (including phenoxy) is 2. The Hall–Kier alpha value is -2.82. The second-order valence-corrected chi connectivity index (χ2v) is 6.66. The van der Waals surface area contributed by atoms with Gasteiger partial charge in [0.1, 0.15) is 35.9 Å². The molecule has 0 aromatic heterocycles. The highest BCUT2D eigenvalue weighted by Gasteiger charge is 2.44. The van der Waals surface area contributed by atoms with Gasteiger partial charge in [-0.25, -0.2) is 0 Å². The summed E-state index contributed by atoms with van der Waals surface area (Å²) in [4.78, 5) is 0. The van der Waals surface area contributed by atoms with Crippen LogP contribution in [0.25, 0.3) is 12.2 Å². The molecule has 1 saturated heterocycles. The van der Waals surface area contributed by atoms with Crippen LogP contribution in [0, 0.1) is 0 Å². The van der Waals surface area contributed by atoms with Crippen molar-refractivity contribution in [2.24, 2.45) is 0 Å². The number of hydrogen-bond donors (Lipinski definition) is 7. The zero-order valence-corrected chi connectivity index (χ0v) is 15.2. The molecule has 0 bridgehead atoms. The molecule has 9 nitrogen and oxygen atoms in total. The summed E-state index contributed by atoms with van der Waals surface area (Å²) in [6.07, 6.45) is -3.97. The molecule has 29 heavy (non-hydrogen) atoms. The molecule has 1 heterocycles. The summed E-state index contributed by atoms with van der Waals surface area (Å²) in [5, 5.41) is 68.0.